The summed E-state index contributed by atoms with van der Waals surface area (Å²) in [4.78, 5) is -0.575. The van der Waals surface area contributed by atoms with E-state index in [2.05, 4.69) is 20.5 Å². The molecule has 0 aliphatic carbocycles. The van der Waals surface area contributed by atoms with Crippen molar-refractivity contribution in [1.29, 1.82) is 0 Å². The van der Waals surface area contributed by atoms with Crippen molar-refractivity contribution < 1.29 is 13.0 Å². The molecule has 0 aromatic heterocycles. The van der Waals surface area contributed by atoms with Crippen molar-refractivity contribution in [2.24, 2.45) is 20.5 Å². The van der Waals surface area contributed by atoms with Gasteiger partial charge in [-0.3, -0.25) is 4.55 Å². The van der Waals surface area contributed by atoms with Crippen LogP contribution in [0.3, 0.4) is 0 Å². The summed E-state index contributed by atoms with van der Waals surface area (Å²) in [6.07, 6.45) is 0. The molecule has 0 saturated carbocycles. The van der Waals surface area contributed by atoms with E-state index in [1.54, 1.807) is 24.3 Å². The number of hydrogen-bond acceptors (Lipinski definition) is 8. The molecule has 0 atom stereocenters. The molecule has 0 saturated heterocycles. The minimum atomic E-state index is -4.66. The molecule has 5 N–H and O–H groups in total. The van der Waals surface area contributed by atoms with Crippen LogP contribution in [0.2, 0.25) is 0 Å². The van der Waals surface area contributed by atoms with Gasteiger partial charge in [-0.25, -0.2) is 0 Å². The van der Waals surface area contributed by atoms with Crippen LogP contribution in [-0.2, 0) is 10.1 Å². The van der Waals surface area contributed by atoms with Crippen molar-refractivity contribution >= 4 is 44.2 Å². The maximum absolute atomic E-state index is 11.8. The quantitative estimate of drug-likeness (QED) is 0.278. The summed E-state index contributed by atoms with van der Waals surface area (Å²) in [6, 6.07) is 15.4. The van der Waals surface area contributed by atoms with Gasteiger partial charge in [-0.15, -0.1) is 10.2 Å². The zero-order chi connectivity index (χ0) is 21.9. The van der Waals surface area contributed by atoms with Crippen LogP contribution < -0.4 is 11.5 Å². The molecule has 0 fully saturated rings. The monoisotopic (exact) mass is 424 g/mol. The van der Waals surface area contributed by atoms with Crippen LogP contribution in [0.4, 0.5) is 34.1 Å². The first kappa shape index (κ1) is 21.1. The van der Waals surface area contributed by atoms with Gasteiger partial charge in [0.2, 0.25) is 0 Å². The maximum atomic E-state index is 11.8. The molecule has 0 heterocycles. The van der Waals surface area contributed by atoms with E-state index in [1.807, 2.05) is 38.1 Å². The number of anilines is 2. The minimum absolute atomic E-state index is 0.0180. The average Bonchev–Trinajstić information content (AvgIpc) is 2.69. The Hall–Kier alpha value is -3.63. The van der Waals surface area contributed by atoms with E-state index in [0.29, 0.717) is 11.4 Å². The summed E-state index contributed by atoms with van der Waals surface area (Å²) >= 11 is 0. The Morgan fingerprint density at radius 2 is 1.47 bits per heavy atom. The summed E-state index contributed by atoms with van der Waals surface area (Å²) in [7, 11) is -4.66. The number of nitrogens with two attached hydrogens (primary N) is 2. The van der Waals surface area contributed by atoms with E-state index in [-0.39, 0.29) is 22.7 Å². The van der Waals surface area contributed by atoms with E-state index < -0.39 is 15.0 Å². The maximum Gasteiger partial charge on any atom is 0.296 e. The molecule has 3 aromatic carbocycles. The fourth-order valence-corrected chi connectivity index (χ4v) is 3.24. The third kappa shape index (κ3) is 4.67. The highest BCUT2D eigenvalue weighted by atomic mass is 32.2. The fraction of sp³-hybridized carbons (Fsp3) is 0.100. The van der Waals surface area contributed by atoms with Crippen molar-refractivity contribution in [2.75, 3.05) is 11.5 Å². The minimum Gasteiger partial charge on any atom is -0.396 e. The summed E-state index contributed by atoms with van der Waals surface area (Å²) in [5.74, 6) is 0. The van der Waals surface area contributed by atoms with E-state index in [9.17, 15) is 13.0 Å². The molecule has 0 spiro atoms. The first-order valence-corrected chi connectivity index (χ1v) is 10.3. The van der Waals surface area contributed by atoms with Gasteiger partial charge in [0.05, 0.1) is 22.7 Å². The highest BCUT2D eigenvalue weighted by molar-refractivity contribution is 7.86. The molecule has 10 heteroatoms. The number of aryl methyl sites for hydroxylation is 2. The van der Waals surface area contributed by atoms with Crippen LogP contribution >= 0.6 is 0 Å². The van der Waals surface area contributed by atoms with E-state index in [1.165, 1.54) is 0 Å². The standard InChI is InChI=1S/C20H20N6O3S/c1-12-8-9-13(2)15(10-12)24-26-20-18(21)16(11-17(19(20)22)30(27,28)29)25-23-14-6-4-3-5-7-14/h3-11H,21-22H2,1-2H3,(H,27,28,29)/b25-23+,26-24+. The molecule has 0 bridgehead atoms. The lowest BCUT2D eigenvalue weighted by atomic mass is 10.1. The summed E-state index contributed by atoms with van der Waals surface area (Å²) in [6.45, 7) is 3.76. The lowest BCUT2D eigenvalue weighted by Crippen LogP contribution is -2.05. The van der Waals surface area contributed by atoms with E-state index in [0.717, 1.165) is 17.2 Å². The zero-order valence-electron chi connectivity index (χ0n) is 16.3. The van der Waals surface area contributed by atoms with Crippen molar-refractivity contribution in [3.8, 4) is 0 Å². The van der Waals surface area contributed by atoms with Gasteiger partial charge in [-0.1, -0.05) is 30.3 Å². The molecule has 0 aliphatic rings. The number of rotatable bonds is 5. The van der Waals surface area contributed by atoms with Gasteiger partial charge in [-0.2, -0.15) is 18.6 Å². The van der Waals surface area contributed by atoms with Gasteiger partial charge in [-0.05, 0) is 49.2 Å². The van der Waals surface area contributed by atoms with E-state index >= 15 is 0 Å². The van der Waals surface area contributed by atoms with Crippen LogP contribution in [0.1, 0.15) is 11.1 Å². The van der Waals surface area contributed by atoms with Crippen LogP contribution in [0.5, 0.6) is 0 Å². The van der Waals surface area contributed by atoms with Gasteiger partial charge in [0.15, 0.2) is 0 Å². The molecule has 0 amide bonds. The summed E-state index contributed by atoms with van der Waals surface area (Å²) in [5, 5.41) is 16.3. The largest absolute Gasteiger partial charge is 0.396 e. The smallest absolute Gasteiger partial charge is 0.296 e. The SMILES string of the molecule is Cc1ccc(C)c(/N=N/c2c(N)c(/N=N/c3ccccc3)cc(S(=O)(=O)O)c2N)c1. The van der Waals surface area contributed by atoms with Crippen LogP contribution in [0.15, 0.2) is 79.9 Å². The Morgan fingerprint density at radius 1 is 0.800 bits per heavy atom. The predicted octanol–water partition coefficient (Wildman–Crippen LogP) is 5.55. The lowest BCUT2D eigenvalue weighted by molar-refractivity contribution is 0.483. The lowest BCUT2D eigenvalue weighted by Gasteiger charge is -2.10. The predicted molar refractivity (Wildman–Crippen MR) is 116 cm³/mol. The van der Waals surface area contributed by atoms with E-state index in [4.69, 9.17) is 11.5 Å². The van der Waals surface area contributed by atoms with Gasteiger partial charge < -0.3 is 11.5 Å². The van der Waals surface area contributed by atoms with Crippen LogP contribution in [0, 0.1) is 13.8 Å². The first-order valence-electron chi connectivity index (χ1n) is 8.82. The second-order valence-electron chi connectivity index (χ2n) is 6.57. The number of nitrogens with zero attached hydrogens (tertiary/aromatic N) is 4. The topological polar surface area (TPSA) is 156 Å². The van der Waals surface area contributed by atoms with Crippen molar-refractivity contribution in [3.05, 3.63) is 65.7 Å². The fourth-order valence-electron chi connectivity index (χ4n) is 2.60. The molecular formula is C20H20N6O3S. The number of hydrogen-bond donors (Lipinski definition) is 3. The van der Waals surface area contributed by atoms with Gasteiger partial charge in [0.1, 0.15) is 16.3 Å². The first-order chi connectivity index (χ1) is 14.2. The van der Waals surface area contributed by atoms with Gasteiger partial charge >= 0.3 is 0 Å². The molecule has 30 heavy (non-hydrogen) atoms. The van der Waals surface area contributed by atoms with Crippen molar-refractivity contribution in [3.63, 3.8) is 0 Å². The summed E-state index contributed by atoms with van der Waals surface area (Å²) in [5.41, 5.74) is 14.5. The third-order valence-electron chi connectivity index (χ3n) is 4.25. The second-order valence-corrected chi connectivity index (χ2v) is 7.96. The molecule has 0 aliphatic heterocycles. The van der Waals surface area contributed by atoms with Crippen LogP contribution in [0.25, 0.3) is 0 Å². The van der Waals surface area contributed by atoms with Gasteiger partial charge in [0.25, 0.3) is 10.1 Å². The molecule has 3 aromatic rings. The Morgan fingerprint density at radius 3 is 2.13 bits per heavy atom. The second kappa shape index (κ2) is 8.39. The molecular weight excluding hydrogens is 404 g/mol. The molecule has 9 nitrogen and oxygen atoms in total. The number of nitrogen functional groups attached to an aromatic ring is 2. The molecule has 154 valence electrons. The average molecular weight is 424 g/mol. The zero-order valence-corrected chi connectivity index (χ0v) is 17.1. The Labute approximate surface area is 173 Å². The Bertz CT molecular complexity index is 1260. The third-order valence-corrected chi connectivity index (χ3v) is 5.14. The Balaban J connectivity index is 2.15. The highest BCUT2D eigenvalue weighted by Gasteiger charge is 2.22. The highest BCUT2D eigenvalue weighted by Crippen LogP contribution is 2.43. The molecule has 0 unspecified atom stereocenters. The summed E-state index contributed by atoms with van der Waals surface area (Å²) < 4.78 is 33.2. The normalized spacial score (nSPS) is 12.1. The molecule has 3 rings (SSSR count). The van der Waals surface area contributed by atoms with Gasteiger partial charge in [0, 0.05) is 0 Å². The van der Waals surface area contributed by atoms with Crippen LogP contribution in [-0.4, -0.2) is 13.0 Å². The van der Waals surface area contributed by atoms with Crippen molar-refractivity contribution in [2.45, 2.75) is 18.7 Å². The number of benzene rings is 3. The number of azo groups is 2. The molecule has 0 radical (unpaired) electrons. The Kier molecular flexibility index (Phi) is 5.90. The van der Waals surface area contributed by atoms with Crippen molar-refractivity contribution in [1.82, 2.24) is 0 Å².